The smallest absolute Gasteiger partial charge is 0.272 e. The Labute approximate surface area is 119 Å². The summed E-state index contributed by atoms with van der Waals surface area (Å²) >= 11 is 1.25. The summed E-state index contributed by atoms with van der Waals surface area (Å²) in [5.74, 6) is 0.598. The van der Waals surface area contributed by atoms with Crippen molar-refractivity contribution in [2.75, 3.05) is 7.11 Å². The predicted octanol–water partition coefficient (Wildman–Crippen LogP) is 2.83. The molecule has 0 atom stereocenters. The number of aromatic hydroxyl groups is 1. The number of nitrogens with zero attached hydrogens (tertiary/aromatic N) is 1. The molecule has 3 rings (SSSR count). The van der Waals surface area contributed by atoms with Gasteiger partial charge < -0.3 is 9.84 Å². The molecule has 2 aromatic carbocycles. The van der Waals surface area contributed by atoms with Gasteiger partial charge in [0.1, 0.15) is 21.6 Å². The molecular formula is C15H13NO3S. The zero-order chi connectivity index (χ0) is 14.1. The Bertz CT molecular complexity index is 805. The number of hydrogen-bond acceptors (Lipinski definition) is 4. The largest absolute Gasteiger partial charge is 0.506 e. The molecule has 0 saturated heterocycles. The first-order chi connectivity index (χ1) is 9.70. The Balaban J connectivity index is 2.16. The van der Waals surface area contributed by atoms with Gasteiger partial charge in [-0.05, 0) is 17.7 Å². The van der Waals surface area contributed by atoms with Gasteiger partial charge in [-0.3, -0.25) is 8.75 Å². The average Bonchev–Trinajstić information content (AvgIpc) is 2.79. The lowest BCUT2D eigenvalue weighted by atomic mass is 10.2. The summed E-state index contributed by atoms with van der Waals surface area (Å²) in [4.78, 5) is 12.4. The first-order valence-electron chi connectivity index (χ1n) is 6.14. The molecule has 0 radical (unpaired) electrons. The Morgan fingerprint density at radius 3 is 2.65 bits per heavy atom. The first kappa shape index (κ1) is 12.7. The molecule has 20 heavy (non-hydrogen) atoms. The van der Waals surface area contributed by atoms with E-state index in [4.69, 9.17) is 4.74 Å². The SMILES string of the molecule is COc1ccc(O)c2sn(Cc3ccccc3)c(=O)c12. The molecule has 0 aliphatic carbocycles. The van der Waals surface area contributed by atoms with Crippen LogP contribution in [-0.2, 0) is 6.54 Å². The molecule has 1 heterocycles. The van der Waals surface area contributed by atoms with Crippen molar-refractivity contribution in [3.8, 4) is 11.5 Å². The van der Waals surface area contributed by atoms with E-state index in [1.165, 1.54) is 18.6 Å². The molecule has 0 saturated carbocycles. The molecule has 1 aromatic heterocycles. The second-order valence-corrected chi connectivity index (χ2v) is 5.44. The van der Waals surface area contributed by atoms with Crippen LogP contribution >= 0.6 is 11.5 Å². The highest BCUT2D eigenvalue weighted by Gasteiger charge is 2.15. The fourth-order valence-corrected chi connectivity index (χ4v) is 3.20. The fourth-order valence-electron chi connectivity index (χ4n) is 2.15. The zero-order valence-electron chi connectivity index (χ0n) is 10.9. The van der Waals surface area contributed by atoms with Crippen molar-refractivity contribution in [3.05, 3.63) is 58.4 Å². The van der Waals surface area contributed by atoms with E-state index >= 15 is 0 Å². The molecule has 0 bridgehead atoms. The van der Waals surface area contributed by atoms with Crippen molar-refractivity contribution in [2.45, 2.75) is 6.54 Å². The van der Waals surface area contributed by atoms with Gasteiger partial charge in [-0.2, -0.15) is 0 Å². The second kappa shape index (κ2) is 5.02. The van der Waals surface area contributed by atoms with Crippen LogP contribution in [-0.4, -0.2) is 16.2 Å². The number of phenolic OH excluding ortho intramolecular Hbond substituents is 1. The van der Waals surface area contributed by atoms with Gasteiger partial charge in [-0.15, -0.1) is 0 Å². The average molecular weight is 287 g/mol. The van der Waals surface area contributed by atoms with Crippen LogP contribution in [0.3, 0.4) is 0 Å². The standard InChI is InChI=1S/C15H13NO3S/c1-19-12-8-7-11(17)14-13(12)15(18)16(20-14)9-10-5-3-2-4-6-10/h2-8,17H,9H2,1H3. The summed E-state index contributed by atoms with van der Waals surface area (Å²) in [6.45, 7) is 0.488. The number of aromatic nitrogens is 1. The number of methoxy groups -OCH3 is 1. The van der Waals surface area contributed by atoms with Crippen molar-refractivity contribution in [3.63, 3.8) is 0 Å². The van der Waals surface area contributed by atoms with Crippen molar-refractivity contribution in [1.82, 2.24) is 3.96 Å². The van der Waals surface area contributed by atoms with Crippen molar-refractivity contribution >= 4 is 21.6 Å². The second-order valence-electron chi connectivity index (χ2n) is 4.41. The van der Waals surface area contributed by atoms with Gasteiger partial charge >= 0.3 is 0 Å². The molecule has 0 spiro atoms. The summed E-state index contributed by atoms with van der Waals surface area (Å²) in [5, 5.41) is 10.3. The van der Waals surface area contributed by atoms with E-state index in [1.807, 2.05) is 30.3 Å². The van der Waals surface area contributed by atoms with E-state index in [9.17, 15) is 9.90 Å². The highest BCUT2D eigenvalue weighted by atomic mass is 32.1. The van der Waals surface area contributed by atoms with Crippen LogP contribution in [0.2, 0.25) is 0 Å². The van der Waals surface area contributed by atoms with Crippen molar-refractivity contribution in [1.29, 1.82) is 0 Å². The molecule has 3 aromatic rings. The summed E-state index contributed by atoms with van der Waals surface area (Å²) in [6, 6.07) is 12.9. The minimum absolute atomic E-state index is 0.106. The van der Waals surface area contributed by atoms with Crippen LogP contribution in [0.4, 0.5) is 0 Å². The molecular weight excluding hydrogens is 274 g/mol. The Morgan fingerprint density at radius 1 is 1.20 bits per heavy atom. The molecule has 0 aliphatic heterocycles. The third-order valence-corrected chi connectivity index (χ3v) is 4.24. The quantitative estimate of drug-likeness (QED) is 0.806. The van der Waals surface area contributed by atoms with E-state index in [1.54, 1.807) is 16.1 Å². The van der Waals surface area contributed by atoms with Gasteiger partial charge in [-0.1, -0.05) is 41.9 Å². The number of phenols is 1. The lowest BCUT2D eigenvalue weighted by molar-refractivity contribution is 0.418. The lowest BCUT2D eigenvalue weighted by Crippen LogP contribution is -2.14. The van der Waals surface area contributed by atoms with Gasteiger partial charge in [0.2, 0.25) is 0 Å². The van der Waals surface area contributed by atoms with Gasteiger partial charge in [0.25, 0.3) is 5.56 Å². The highest BCUT2D eigenvalue weighted by molar-refractivity contribution is 7.14. The number of benzene rings is 2. The van der Waals surface area contributed by atoms with Crippen LogP contribution in [0.25, 0.3) is 10.1 Å². The Kier molecular flexibility index (Phi) is 3.20. The maximum Gasteiger partial charge on any atom is 0.272 e. The third-order valence-electron chi connectivity index (χ3n) is 3.13. The summed E-state index contributed by atoms with van der Waals surface area (Å²) in [5.41, 5.74) is 0.904. The van der Waals surface area contributed by atoms with E-state index in [0.717, 1.165) is 5.56 Å². The van der Waals surface area contributed by atoms with E-state index < -0.39 is 0 Å². The maximum absolute atomic E-state index is 12.4. The summed E-state index contributed by atoms with van der Waals surface area (Å²) in [6.07, 6.45) is 0. The van der Waals surface area contributed by atoms with E-state index in [-0.39, 0.29) is 11.3 Å². The van der Waals surface area contributed by atoms with Gasteiger partial charge in [0.05, 0.1) is 13.7 Å². The fraction of sp³-hybridized carbons (Fsp3) is 0.133. The van der Waals surface area contributed by atoms with Gasteiger partial charge in [0, 0.05) is 0 Å². The zero-order valence-corrected chi connectivity index (χ0v) is 11.7. The molecule has 1 N–H and O–H groups in total. The Morgan fingerprint density at radius 2 is 1.95 bits per heavy atom. The lowest BCUT2D eigenvalue weighted by Gasteiger charge is -2.00. The molecule has 102 valence electrons. The maximum atomic E-state index is 12.4. The van der Waals surface area contributed by atoms with Crippen LogP contribution in [0, 0.1) is 0 Å². The predicted molar refractivity (Wildman–Crippen MR) is 79.8 cm³/mol. The first-order valence-corrected chi connectivity index (χ1v) is 6.91. The van der Waals surface area contributed by atoms with Gasteiger partial charge in [0.15, 0.2) is 0 Å². The van der Waals surface area contributed by atoms with Gasteiger partial charge in [-0.25, -0.2) is 0 Å². The van der Waals surface area contributed by atoms with Crippen molar-refractivity contribution < 1.29 is 9.84 Å². The minimum Gasteiger partial charge on any atom is -0.506 e. The van der Waals surface area contributed by atoms with E-state index in [0.29, 0.717) is 22.4 Å². The molecule has 0 amide bonds. The van der Waals surface area contributed by atoms with Crippen molar-refractivity contribution in [2.24, 2.45) is 0 Å². The third kappa shape index (κ3) is 2.06. The normalized spacial score (nSPS) is 10.8. The van der Waals surface area contributed by atoms with Crippen LogP contribution in [0.5, 0.6) is 11.5 Å². The molecule has 5 heteroatoms. The molecule has 4 nitrogen and oxygen atoms in total. The number of ether oxygens (including phenoxy) is 1. The highest BCUT2D eigenvalue weighted by Crippen LogP contribution is 2.33. The number of hydrogen-bond donors (Lipinski definition) is 1. The molecule has 0 unspecified atom stereocenters. The summed E-state index contributed by atoms with van der Waals surface area (Å²) in [7, 11) is 1.52. The molecule has 0 aliphatic rings. The van der Waals surface area contributed by atoms with Crippen LogP contribution < -0.4 is 10.3 Å². The van der Waals surface area contributed by atoms with E-state index in [2.05, 4.69) is 0 Å². The summed E-state index contributed by atoms with van der Waals surface area (Å²) < 4.78 is 7.40. The minimum atomic E-state index is -0.137. The monoisotopic (exact) mass is 287 g/mol. The van der Waals surface area contributed by atoms with Crippen LogP contribution in [0.15, 0.2) is 47.3 Å². The van der Waals surface area contributed by atoms with Crippen LogP contribution in [0.1, 0.15) is 5.56 Å². The topological polar surface area (TPSA) is 51.5 Å². The molecule has 0 fully saturated rings. The Hall–Kier alpha value is -2.27. The number of rotatable bonds is 3. The number of fused-ring (bicyclic) bond motifs is 1.